The SMILES string of the molecule is CC(O)C#Cc1cccc(C=NNC(=O)c2ccc(O)c(Cl)c2)c1. The van der Waals surface area contributed by atoms with Gasteiger partial charge >= 0.3 is 0 Å². The minimum absolute atomic E-state index is 0.0909. The zero-order chi connectivity index (χ0) is 17.5. The lowest BCUT2D eigenvalue weighted by molar-refractivity contribution is 0.0955. The molecular formula is C18H15ClN2O3. The third-order valence-corrected chi connectivity index (χ3v) is 3.20. The van der Waals surface area contributed by atoms with Gasteiger partial charge in [-0.15, -0.1) is 0 Å². The molecule has 1 unspecified atom stereocenters. The number of hydrogen-bond donors (Lipinski definition) is 3. The van der Waals surface area contributed by atoms with Gasteiger partial charge in [-0.25, -0.2) is 5.43 Å². The highest BCUT2D eigenvalue weighted by Gasteiger charge is 2.07. The third-order valence-electron chi connectivity index (χ3n) is 2.90. The molecule has 0 aliphatic carbocycles. The number of rotatable bonds is 3. The van der Waals surface area contributed by atoms with E-state index in [1.165, 1.54) is 24.4 Å². The molecule has 2 rings (SSSR count). The normalized spacial score (nSPS) is 11.6. The largest absolute Gasteiger partial charge is 0.506 e. The van der Waals surface area contributed by atoms with Crippen molar-refractivity contribution in [1.82, 2.24) is 5.43 Å². The minimum atomic E-state index is -0.696. The number of aromatic hydroxyl groups is 1. The van der Waals surface area contributed by atoms with Gasteiger partial charge in [-0.05, 0) is 42.8 Å². The van der Waals surface area contributed by atoms with Crippen LogP contribution in [0.1, 0.15) is 28.4 Å². The number of phenols is 1. The summed E-state index contributed by atoms with van der Waals surface area (Å²) in [6.07, 6.45) is 0.784. The first-order chi connectivity index (χ1) is 11.5. The number of hydrazone groups is 1. The Morgan fingerprint density at radius 1 is 1.33 bits per heavy atom. The van der Waals surface area contributed by atoms with Crippen molar-refractivity contribution >= 4 is 23.7 Å². The molecule has 0 radical (unpaired) electrons. The summed E-state index contributed by atoms with van der Waals surface area (Å²) in [4.78, 5) is 11.9. The Balaban J connectivity index is 2.03. The summed E-state index contributed by atoms with van der Waals surface area (Å²) in [6.45, 7) is 1.59. The first-order valence-electron chi connectivity index (χ1n) is 7.07. The number of aliphatic hydroxyl groups is 1. The number of amides is 1. The predicted octanol–water partition coefficient (Wildman–Crippen LogP) is 2.54. The first-order valence-corrected chi connectivity index (χ1v) is 7.45. The van der Waals surface area contributed by atoms with Gasteiger partial charge in [-0.1, -0.05) is 35.6 Å². The Labute approximate surface area is 144 Å². The molecule has 1 atom stereocenters. The highest BCUT2D eigenvalue weighted by molar-refractivity contribution is 6.32. The average Bonchev–Trinajstić information content (AvgIpc) is 2.56. The number of aliphatic hydroxyl groups excluding tert-OH is 1. The molecule has 2 aromatic carbocycles. The van der Waals surface area contributed by atoms with Crippen molar-refractivity contribution in [2.45, 2.75) is 13.0 Å². The second-order valence-electron chi connectivity index (χ2n) is 4.94. The number of nitrogens with one attached hydrogen (secondary N) is 1. The molecule has 0 heterocycles. The van der Waals surface area contributed by atoms with E-state index in [0.717, 1.165) is 11.1 Å². The number of carbonyl (C=O) groups is 1. The van der Waals surface area contributed by atoms with Gasteiger partial charge in [0.1, 0.15) is 11.9 Å². The maximum Gasteiger partial charge on any atom is 0.271 e. The Hall–Kier alpha value is -2.81. The van der Waals surface area contributed by atoms with Gasteiger partial charge in [-0.3, -0.25) is 4.79 Å². The van der Waals surface area contributed by atoms with E-state index in [0.29, 0.717) is 0 Å². The van der Waals surface area contributed by atoms with Crippen LogP contribution < -0.4 is 5.43 Å². The van der Waals surface area contributed by atoms with Crippen LogP contribution in [0.15, 0.2) is 47.6 Å². The van der Waals surface area contributed by atoms with Gasteiger partial charge in [0.25, 0.3) is 5.91 Å². The Kier molecular flexibility index (Phi) is 5.96. The fourth-order valence-electron chi connectivity index (χ4n) is 1.76. The van der Waals surface area contributed by atoms with Gasteiger partial charge in [0.05, 0.1) is 11.2 Å². The topological polar surface area (TPSA) is 81.9 Å². The lowest BCUT2D eigenvalue weighted by atomic mass is 10.1. The van der Waals surface area contributed by atoms with E-state index in [1.54, 1.807) is 25.1 Å². The zero-order valence-electron chi connectivity index (χ0n) is 12.8. The zero-order valence-corrected chi connectivity index (χ0v) is 13.6. The smallest absolute Gasteiger partial charge is 0.271 e. The highest BCUT2D eigenvalue weighted by Crippen LogP contribution is 2.23. The first kappa shape index (κ1) is 17.5. The molecule has 6 heteroatoms. The Bertz CT molecular complexity index is 836. The number of benzene rings is 2. The van der Waals surface area contributed by atoms with Crippen molar-refractivity contribution in [3.8, 4) is 17.6 Å². The third kappa shape index (κ3) is 5.13. The van der Waals surface area contributed by atoms with E-state index in [-0.39, 0.29) is 16.3 Å². The van der Waals surface area contributed by atoms with E-state index < -0.39 is 12.0 Å². The molecule has 0 aliphatic rings. The van der Waals surface area contributed by atoms with Crippen molar-refractivity contribution in [3.05, 3.63) is 64.2 Å². The van der Waals surface area contributed by atoms with Crippen LogP contribution in [0.3, 0.4) is 0 Å². The molecule has 0 saturated carbocycles. The van der Waals surface area contributed by atoms with E-state index >= 15 is 0 Å². The van der Waals surface area contributed by atoms with Crippen LogP contribution >= 0.6 is 11.6 Å². The quantitative estimate of drug-likeness (QED) is 0.455. The molecule has 24 heavy (non-hydrogen) atoms. The monoisotopic (exact) mass is 342 g/mol. The summed E-state index contributed by atoms with van der Waals surface area (Å²) in [5.41, 5.74) is 4.14. The van der Waals surface area contributed by atoms with Gasteiger partial charge in [0.15, 0.2) is 0 Å². The van der Waals surface area contributed by atoms with Crippen molar-refractivity contribution < 1.29 is 15.0 Å². The number of halogens is 1. The number of nitrogens with zero attached hydrogens (tertiary/aromatic N) is 1. The van der Waals surface area contributed by atoms with E-state index in [1.807, 2.05) is 6.07 Å². The number of carbonyl (C=O) groups excluding carboxylic acids is 1. The summed E-state index contributed by atoms with van der Waals surface area (Å²) in [5.74, 6) is 4.95. The second kappa shape index (κ2) is 8.16. The molecule has 5 nitrogen and oxygen atoms in total. The maximum atomic E-state index is 11.9. The van der Waals surface area contributed by atoms with Gasteiger partial charge < -0.3 is 10.2 Å². The molecule has 0 spiro atoms. The van der Waals surface area contributed by atoms with Crippen molar-refractivity contribution in [3.63, 3.8) is 0 Å². The standard InChI is InChI=1S/C18H15ClN2O3/c1-12(22)5-6-13-3-2-4-14(9-13)11-20-21-18(24)15-7-8-17(23)16(19)10-15/h2-4,7-12,22-23H,1H3,(H,21,24). The molecule has 0 bridgehead atoms. The van der Waals surface area contributed by atoms with Crippen molar-refractivity contribution in [2.75, 3.05) is 0 Å². The van der Waals surface area contributed by atoms with Crippen LogP contribution in [0, 0.1) is 11.8 Å². The van der Waals surface area contributed by atoms with E-state index in [9.17, 15) is 9.90 Å². The fourth-order valence-corrected chi connectivity index (χ4v) is 1.94. The van der Waals surface area contributed by atoms with Crippen LogP contribution in [-0.2, 0) is 0 Å². The Morgan fingerprint density at radius 2 is 2.12 bits per heavy atom. The van der Waals surface area contributed by atoms with Gasteiger partial charge in [-0.2, -0.15) is 5.10 Å². The Morgan fingerprint density at radius 3 is 2.83 bits per heavy atom. The molecule has 2 aromatic rings. The number of hydrogen-bond acceptors (Lipinski definition) is 4. The molecular weight excluding hydrogens is 328 g/mol. The van der Waals surface area contributed by atoms with Gasteiger partial charge in [0, 0.05) is 11.1 Å². The lowest BCUT2D eigenvalue weighted by Crippen LogP contribution is -2.17. The fraction of sp³-hybridized carbons (Fsp3) is 0.111. The molecule has 3 N–H and O–H groups in total. The van der Waals surface area contributed by atoms with Crippen LogP contribution in [0.5, 0.6) is 5.75 Å². The molecule has 0 saturated heterocycles. The van der Waals surface area contributed by atoms with Gasteiger partial charge in [0.2, 0.25) is 0 Å². The predicted molar refractivity (Wildman–Crippen MR) is 93.2 cm³/mol. The van der Waals surface area contributed by atoms with Crippen molar-refractivity contribution in [2.24, 2.45) is 5.10 Å². The minimum Gasteiger partial charge on any atom is -0.506 e. The van der Waals surface area contributed by atoms with E-state index in [2.05, 4.69) is 22.4 Å². The maximum absolute atomic E-state index is 11.9. The number of phenolic OH excluding ortho intramolecular Hbond substituents is 1. The molecule has 0 aromatic heterocycles. The van der Waals surface area contributed by atoms with Crippen molar-refractivity contribution in [1.29, 1.82) is 0 Å². The molecule has 1 amide bonds. The summed E-state index contributed by atoms with van der Waals surface area (Å²) in [7, 11) is 0. The van der Waals surface area contributed by atoms with Crippen LogP contribution in [0.25, 0.3) is 0 Å². The summed E-state index contributed by atoms with van der Waals surface area (Å²) >= 11 is 5.76. The summed E-state index contributed by atoms with van der Waals surface area (Å²) < 4.78 is 0. The average molecular weight is 343 g/mol. The second-order valence-corrected chi connectivity index (χ2v) is 5.34. The van der Waals surface area contributed by atoms with E-state index in [4.69, 9.17) is 16.7 Å². The highest BCUT2D eigenvalue weighted by atomic mass is 35.5. The van der Waals surface area contributed by atoms with Crippen LogP contribution in [0.2, 0.25) is 5.02 Å². The molecule has 0 aliphatic heterocycles. The molecule has 122 valence electrons. The van der Waals surface area contributed by atoms with Crippen LogP contribution in [0.4, 0.5) is 0 Å². The summed E-state index contributed by atoms with van der Waals surface area (Å²) in [5, 5.41) is 22.5. The van der Waals surface area contributed by atoms with Crippen LogP contribution in [-0.4, -0.2) is 28.4 Å². The molecule has 0 fully saturated rings. The lowest BCUT2D eigenvalue weighted by Gasteiger charge is -2.02. The summed E-state index contributed by atoms with van der Waals surface area (Å²) in [6, 6.07) is 11.3.